The van der Waals surface area contributed by atoms with Crippen LogP contribution >= 0.6 is 0 Å². The van der Waals surface area contributed by atoms with Gasteiger partial charge in [-0.05, 0) is 18.4 Å². The first-order chi connectivity index (χ1) is 8.85. The Bertz CT molecular complexity index is 210. The predicted octanol–water partition coefficient (Wildman–Crippen LogP) is 6.39. The number of azide groups is 1. The number of hydrogen-bond acceptors (Lipinski definition) is 1. The van der Waals surface area contributed by atoms with Crippen LogP contribution in [0.4, 0.5) is 0 Å². The van der Waals surface area contributed by atoms with Crippen LogP contribution in [0.2, 0.25) is 0 Å². The van der Waals surface area contributed by atoms with Gasteiger partial charge in [0.1, 0.15) is 0 Å². The molecule has 0 amide bonds. The molecule has 0 aromatic rings. The van der Waals surface area contributed by atoms with E-state index in [1.165, 1.54) is 64.2 Å². The molecule has 3 nitrogen and oxygen atoms in total. The fourth-order valence-corrected chi connectivity index (χ4v) is 2.28. The number of nitrogens with zero attached hydrogens (tertiary/aromatic N) is 3. The van der Waals surface area contributed by atoms with Crippen molar-refractivity contribution in [1.29, 1.82) is 0 Å². The second-order valence-electron chi connectivity index (χ2n) is 5.24. The first kappa shape index (κ1) is 17.3. The van der Waals surface area contributed by atoms with Crippen molar-refractivity contribution < 1.29 is 0 Å². The molecule has 0 aromatic heterocycles. The molecule has 1 unspecified atom stereocenters. The van der Waals surface area contributed by atoms with E-state index in [1.807, 2.05) is 0 Å². The molecule has 0 N–H and O–H groups in total. The van der Waals surface area contributed by atoms with Crippen molar-refractivity contribution >= 4 is 0 Å². The van der Waals surface area contributed by atoms with Crippen LogP contribution in [0.3, 0.4) is 0 Å². The Morgan fingerprint density at radius 1 is 0.833 bits per heavy atom. The van der Waals surface area contributed by atoms with Crippen LogP contribution in [-0.2, 0) is 0 Å². The lowest BCUT2D eigenvalue weighted by atomic mass is 10.0. The van der Waals surface area contributed by atoms with Gasteiger partial charge in [0.05, 0.1) is 0 Å². The van der Waals surface area contributed by atoms with Crippen molar-refractivity contribution in [3.8, 4) is 0 Å². The summed E-state index contributed by atoms with van der Waals surface area (Å²) in [6.07, 6.45) is 15.7. The molecule has 0 aliphatic heterocycles. The highest BCUT2D eigenvalue weighted by Gasteiger charge is 2.02. The molecule has 1 atom stereocenters. The van der Waals surface area contributed by atoms with Gasteiger partial charge >= 0.3 is 0 Å². The van der Waals surface area contributed by atoms with Crippen LogP contribution in [0.5, 0.6) is 0 Å². The molecule has 106 valence electrons. The van der Waals surface area contributed by atoms with Gasteiger partial charge in [-0.15, -0.1) is 0 Å². The van der Waals surface area contributed by atoms with Crippen molar-refractivity contribution in [3.05, 3.63) is 10.4 Å². The zero-order valence-corrected chi connectivity index (χ0v) is 12.4. The Morgan fingerprint density at radius 3 is 1.78 bits per heavy atom. The topological polar surface area (TPSA) is 48.8 Å². The summed E-state index contributed by atoms with van der Waals surface area (Å²) in [6.45, 7) is 4.36. The maximum Gasteiger partial charge on any atom is 0.0371 e. The average molecular weight is 253 g/mol. The summed E-state index contributed by atoms with van der Waals surface area (Å²) in [7, 11) is 0. The lowest BCUT2D eigenvalue weighted by molar-refractivity contribution is 0.514. The molecule has 0 saturated heterocycles. The fraction of sp³-hybridized carbons (Fsp3) is 1.00. The Balaban J connectivity index is 3.17. The van der Waals surface area contributed by atoms with E-state index in [0.29, 0.717) is 0 Å². The molecule has 0 fully saturated rings. The molecule has 0 saturated carbocycles. The van der Waals surface area contributed by atoms with E-state index < -0.39 is 0 Å². The molecule has 0 heterocycles. The molecule has 0 aliphatic carbocycles. The van der Waals surface area contributed by atoms with E-state index in [0.717, 1.165) is 12.8 Å². The number of unbranched alkanes of at least 4 members (excludes halogenated alkanes) is 9. The van der Waals surface area contributed by atoms with Gasteiger partial charge in [0.15, 0.2) is 0 Å². The standard InChI is InChI=1S/C15H31N3/c1-3-5-6-7-8-9-10-11-12-13-14-15(4-2)17-18-16/h15H,3-14H2,1-2H3. The van der Waals surface area contributed by atoms with Crippen molar-refractivity contribution in [2.75, 3.05) is 0 Å². The lowest BCUT2D eigenvalue weighted by Gasteiger charge is -2.07. The second kappa shape index (κ2) is 14.4. The minimum absolute atomic E-state index is 0.226. The minimum Gasteiger partial charge on any atom is -0.0906 e. The summed E-state index contributed by atoms with van der Waals surface area (Å²) in [6, 6.07) is 0.226. The molecular formula is C15H31N3. The first-order valence-corrected chi connectivity index (χ1v) is 7.89. The highest BCUT2D eigenvalue weighted by Crippen LogP contribution is 2.14. The number of rotatable bonds is 13. The first-order valence-electron chi connectivity index (χ1n) is 7.89. The summed E-state index contributed by atoms with van der Waals surface area (Å²) < 4.78 is 0. The molecule has 0 radical (unpaired) electrons. The van der Waals surface area contributed by atoms with Crippen LogP contribution in [0.1, 0.15) is 90.9 Å². The van der Waals surface area contributed by atoms with Crippen molar-refractivity contribution in [3.63, 3.8) is 0 Å². The second-order valence-corrected chi connectivity index (χ2v) is 5.24. The van der Waals surface area contributed by atoms with E-state index in [9.17, 15) is 0 Å². The highest BCUT2D eigenvalue weighted by atomic mass is 15.1. The van der Waals surface area contributed by atoms with E-state index in [4.69, 9.17) is 5.53 Å². The van der Waals surface area contributed by atoms with Gasteiger partial charge in [0.2, 0.25) is 0 Å². The third kappa shape index (κ3) is 11.8. The zero-order valence-electron chi connectivity index (χ0n) is 12.4. The van der Waals surface area contributed by atoms with E-state index in [2.05, 4.69) is 23.9 Å². The monoisotopic (exact) mass is 253 g/mol. The van der Waals surface area contributed by atoms with Crippen molar-refractivity contribution in [2.45, 2.75) is 96.9 Å². The largest absolute Gasteiger partial charge is 0.0906 e. The van der Waals surface area contributed by atoms with Gasteiger partial charge < -0.3 is 0 Å². The molecule has 0 spiro atoms. The minimum atomic E-state index is 0.226. The molecule has 0 rings (SSSR count). The Labute approximate surface area is 113 Å². The van der Waals surface area contributed by atoms with Crippen molar-refractivity contribution in [2.24, 2.45) is 5.11 Å². The van der Waals surface area contributed by atoms with Crippen molar-refractivity contribution in [1.82, 2.24) is 0 Å². The van der Waals surface area contributed by atoms with E-state index in [1.54, 1.807) is 0 Å². The van der Waals surface area contributed by atoms with Gasteiger partial charge in [-0.3, -0.25) is 0 Å². The average Bonchev–Trinajstić information content (AvgIpc) is 2.39. The van der Waals surface area contributed by atoms with Gasteiger partial charge in [0, 0.05) is 11.0 Å². The SMILES string of the molecule is CCCCCCCCCCCCC(CC)N=[N+]=[N-]. The van der Waals surface area contributed by atoms with Gasteiger partial charge in [0.25, 0.3) is 0 Å². The van der Waals surface area contributed by atoms with E-state index in [-0.39, 0.29) is 6.04 Å². The maximum absolute atomic E-state index is 8.39. The molecular weight excluding hydrogens is 222 g/mol. The summed E-state index contributed by atoms with van der Waals surface area (Å²) in [5, 5.41) is 3.80. The smallest absolute Gasteiger partial charge is 0.0371 e. The van der Waals surface area contributed by atoms with Crippen LogP contribution in [0.25, 0.3) is 10.4 Å². The van der Waals surface area contributed by atoms with Gasteiger partial charge in [-0.25, -0.2) is 0 Å². The normalized spacial score (nSPS) is 12.1. The summed E-state index contributed by atoms with van der Waals surface area (Å²) in [5.74, 6) is 0. The third-order valence-electron chi connectivity index (χ3n) is 3.58. The quantitative estimate of drug-likeness (QED) is 0.158. The molecule has 18 heavy (non-hydrogen) atoms. The maximum atomic E-state index is 8.39. The Hall–Kier alpha value is -0.690. The molecule has 0 aromatic carbocycles. The lowest BCUT2D eigenvalue weighted by Crippen LogP contribution is -2.00. The predicted molar refractivity (Wildman–Crippen MR) is 79.7 cm³/mol. The highest BCUT2D eigenvalue weighted by molar-refractivity contribution is 4.64. The van der Waals surface area contributed by atoms with Crippen LogP contribution in [0, 0.1) is 0 Å². The molecule has 3 heteroatoms. The molecule has 0 aliphatic rings. The molecule has 0 bridgehead atoms. The summed E-state index contributed by atoms with van der Waals surface area (Å²) >= 11 is 0. The van der Waals surface area contributed by atoms with E-state index >= 15 is 0 Å². The van der Waals surface area contributed by atoms with Gasteiger partial charge in [-0.1, -0.05) is 83.2 Å². The van der Waals surface area contributed by atoms with Crippen LogP contribution < -0.4 is 0 Å². The number of hydrogen-bond donors (Lipinski definition) is 0. The summed E-state index contributed by atoms with van der Waals surface area (Å²) in [4.78, 5) is 2.90. The summed E-state index contributed by atoms with van der Waals surface area (Å²) in [5.41, 5.74) is 8.39. The van der Waals surface area contributed by atoms with Crippen LogP contribution in [-0.4, -0.2) is 6.04 Å². The third-order valence-corrected chi connectivity index (χ3v) is 3.58. The van der Waals surface area contributed by atoms with Crippen LogP contribution in [0.15, 0.2) is 5.11 Å². The fourth-order valence-electron chi connectivity index (χ4n) is 2.28. The van der Waals surface area contributed by atoms with Gasteiger partial charge in [-0.2, -0.15) is 0 Å². The Morgan fingerprint density at radius 2 is 1.33 bits per heavy atom. The Kier molecular flexibility index (Phi) is 13.8. The zero-order chi connectivity index (χ0) is 13.5.